The molecule has 1 N–H and O–H groups in total. The minimum absolute atomic E-state index is 0.130. The molecule has 0 bridgehead atoms. The molecule has 29 heavy (non-hydrogen) atoms. The van der Waals surface area contributed by atoms with Crippen LogP contribution in [0.4, 0.5) is 5.13 Å². The maximum Gasteiger partial charge on any atom is 0.223 e. The monoisotopic (exact) mass is 413 g/mol. The van der Waals surface area contributed by atoms with Gasteiger partial charge in [-0.3, -0.25) is 4.79 Å². The van der Waals surface area contributed by atoms with Crippen LogP contribution < -0.4 is 15.0 Å². The second kappa shape index (κ2) is 9.61. The number of amides is 1. The first kappa shape index (κ1) is 20.2. The number of piperidine rings is 1. The number of thiazole rings is 1. The average molecular weight is 414 g/mol. The van der Waals surface area contributed by atoms with Crippen LogP contribution in [0.25, 0.3) is 10.2 Å². The van der Waals surface area contributed by atoms with Crippen molar-refractivity contribution in [2.45, 2.75) is 51.9 Å². The van der Waals surface area contributed by atoms with Gasteiger partial charge in [0.2, 0.25) is 5.91 Å². The number of nitrogens with zero attached hydrogens (tertiary/aromatic N) is 2. The minimum atomic E-state index is 0.130. The Bertz CT molecular complexity index is 868. The fourth-order valence-corrected chi connectivity index (χ4v) is 5.29. The minimum Gasteiger partial charge on any atom is -0.494 e. The highest BCUT2D eigenvalue weighted by molar-refractivity contribution is 7.22. The molecule has 4 rings (SSSR count). The molecular weight excluding hydrogens is 382 g/mol. The largest absolute Gasteiger partial charge is 0.494 e. The van der Waals surface area contributed by atoms with Gasteiger partial charge in [-0.2, -0.15) is 0 Å². The van der Waals surface area contributed by atoms with Gasteiger partial charge in [-0.05, 0) is 70.1 Å². The van der Waals surface area contributed by atoms with Crippen molar-refractivity contribution in [3.05, 3.63) is 29.8 Å². The van der Waals surface area contributed by atoms with E-state index in [2.05, 4.69) is 22.4 Å². The lowest BCUT2D eigenvalue weighted by Crippen LogP contribution is -2.40. The summed E-state index contributed by atoms with van der Waals surface area (Å²) in [6.07, 6.45) is 10.2. The van der Waals surface area contributed by atoms with Gasteiger partial charge in [-0.1, -0.05) is 23.0 Å². The number of nitrogens with one attached hydrogen (secondary N) is 1. The van der Waals surface area contributed by atoms with Crippen molar-refractivity contribution in [3.63, 3.8) is 0 Å². The van der Waals surface area contributed by atoms with Crippen LogP contribution in [0.5, 0.6) is 5.75 Å². The van der Waals surface area contributed by atoms with Crippen molar-refractivity contribution in [2.75, 3.05) is 31.1 Å². The van der Waals surface area contributed by atoms with Gasteiger partial charge < -0.3 is 15.0 Å². The number of allylic oxidation sites excluding steroid dienone is 1. The molecule has 1 saturated heterocycles. The Morgan fingerprint density at radius 3 is 2.93 bits per heavy atom. The Balaban J connectivity index is 1.27. The van der Waals surface area contributed by atoms with Crippen molar-refractivity contribution < 1.29 is 9.53 Å². The summed E-state index contributed by atoms with van der Waals surface area (Å²) in [6.45, 7) is 5.23. The number of carbonyl (C=O) groups excluding carboxylic acids is 1. The second-order valence-electron chi connectivity index (χ2n) is 7.97. The predicted molar refractivity (Wildman–Crippen MR) is 120 cm³/mol. The summed E-state index contributed by atoms with van der Waals surface area (Å²) >= 11 is 1.71. The first-order valence-electron chi connectivity index (χ1n) is 11.0. The Labute approximate surface area is 177 Å². The van der Waals surface area contributed by atoms with Gasteiger partial charge in [-0.25, -0.2) is 4.98 Å². The average Bonchev–Trinajstić information content (AvgIpc) is 3.18. The van der Waals surface area contributed by atoms with Crippen molar-refractivity contribution in [1.29, 1.82) is 0 Å². The molecule has 6 heteroatoms. The second-order valence-corrected chi connectivity index (χ2v) is 8.98. The highest BCUT2D eigenvalue weighted by Crippen LogP contribution is 2.33. The van der Waals surface area contributed by atoms with Gasteiger partial charge >= 0.3 is 0 Å². The fourth-order valence-electron chi connectivity index (χ4n) is 4.24. The molecule has 2 aliphatic rings. The molecule has 2 heterocycles. The molecule has 0 radical (unpaired) electrons. The van der Waals surface area contributed by atoms with Crippen LogP contribution in [0.15, 0.2) is 29.8 Å². The third-order valence-corrected chi connectivity index (χ3v) is 7.01. The molecule has 1 fully saturated rings. The van der Waals surface area contributed by atoms with E-state index in [1.54, 1.807) is 11.3 Å². The number of ether oxygens (including phenoxy) is 1. The van der Waals surface area contributed by atoms with Crippen molar-refractivity contribution >= 4 is 32.6 Å². The topological polar surface area (TPSA) is 54.5 Å². The van der Waals surface area contributed by atoms with E-state index >= 15 is 0 Å². The molecular formula is C23H31N3O2S. The Kier molecular flexibility index (Phi) is 6.70. The SMILES string of the molecule is CCOc1ccc2nc(N3CCC(C(=O)NCCC4=CCCCC4)CC3)sc2c1. The Morgan fingerprint density at radius 2 is 2.17 bits per heavy atom. The third kappa shape index (κ3) is 5.10. The molecule has 1 aromatic heterocycles. The highest BCUT2D eigenvalue weighted by Gasteiger charge is 2.26. The number of hydrogen-bond acceptors (Lipinski definition) is 5. The number of rotatable bonds is 7. The number of hydrogen-bond donors (Lipinski definition) is 1. The van der Waals surface area contributed by atoms with E-state index < -0.39 is 0 Å². The van der Waals surface area contributed by atoms with E-state index in [0.29, 0.717) is 6.61 Å². The quantitative estimate of drug-likeness (QED) is 0.655. The van der Waals surface area contributed by atoms with Gasteiger partial charge in [-0.15, -0.1) is 0 Å². The third-order valence-electron chi connectivity index (χ3n) is 5.93. The van der Waals surface area contributed by atoms with Gasteiger partial charge in [0.15, 0.2) is 5.13 Å². The fraction of sp³-hybridized carbons (Fsp3) is 0.565. The summed E-state index contributed by atoms with van der Waals surface area (Å²) in [7, 11) is 0. The normalized spacial score (nSPS) is 18.0. The lowest BCUT2D eigenvalue weighted by Gasteiger charge is -2.31. The maximum atomic E-state index is 12.5. The number of fused-ring (bicyclic) bond motifs is 1. The molecule has 5 nitrogen and oxygen atoms in total. The number of anilines is 1. The Hall–Kier alpha value is -2.08. The van der Waals surface area contributed by atoms with E-state index in [-0.39, 0.29) is 11.8 Å². The number of benzene rings is 1. The van der Waals surface area contributed by atoms with Crippen LogP contribution in [-0.2, 0) is 4.79 Å². The van der Waals surface area contributed by atoms with Gasteiger partial charge in [0, 0.05) is 25.6 Å². The zero-order valence-corrected chi connectivity index (χ0v) is 18.1. The van der Waals surface area contributed by atoms with Crippen LogP contribution in [-0.4, -0.2) is 37.1 Å². The molecule has 1 aliphatic carbocycles. The Morgan fingerprint density at radius 1 is 1.31 bits per heavy atom. The van der Waals surface area contributed by atoms with Crippen LogP contribution >= 0.6 is 11.3 Å². The molecule has 1 aromatic carbocycles. The maximum absolute atomic E-state index is 12.5. The summed E-state index contributed by atoms with van der Waals surface area (Å²) < 4.78 is 6.75. The smallest absolute Gasteiger partial charge is 0.223 e. The summed E-state index contributed by atoms with van der Waals surface area (Å²) in [4.78, 5) is 19.7. The van der Waals surface area contributed by atoms with E-state index in [0.717, 1.165) is 60.0 Å². The molecule has 1 amide bonds. The summed E-state index contributed by atoms with van der Waals surface area (Å²) in [5, 5.41) is 4.22. The van der Waals surface area contributed by atoms with Crippen molar-refractivity contribution in [2.24, 2.45) is 5.92 Å². The van der Waals surface area contributed by atoms with Gasteiger partial charge in [0.1, 0.15) is 5.75 Å². The lowest BCUT2D eigenvalue weighted by atomic mass is 9.95. The zero-order chi connectivity index (χ0) is 20.1. The van der Waals surface area contributed by atoms with E-state index in [1.165, 1.54) is 31.3 Å². The van der Waals surface area contributed by atoms with E-state index in [4.69, 9.17) is 9.72 Å². The summed E-state index contributed by atoms with van der Waals surface area (Å²) in [6, 6.07) is 6.08. The van der Waals surface area contributed by atoms with E-state index in [9.17, 15) is 4.79 Å². The predicted octanol–water partition coefficient (Wildman–Crippen LogP) is 4.92. The van der Waals surface area contributed by atoms with Crippen molar-refractivity contribution in [3.8, 4) is 5.75 Å². The standard InChI is InChI=1S/C23H31N3O2S/c1-2-28-19-8-9-20-21(16-19)29-23(25-20)26-14-11-18(12-15-26)22(27)24-13-10-17-6-4-3-5-7-17/h6,8-9,16,18H,2-5,7,10-15H2,1H3,(H,24,27). The first-order chi connectivity index (χ1) is 14.2. The van der Waals surface area contributed by atoms with Crippen LogP contribution in [0.2, 0.25) is 0 Å². The van der Waals surface area contributed by atoms with Crippen LogP contribution in [0, 0.1) is 5.92 Å². The van der Waals surface area contributed by atoms with Crippen LogP contribution in [0.1, 0.15) is 51.9 Å². The van der Waals surface area contributed by atoms with Crippen LogP contribution in [0.3, 0.4) is 0 Å². The molecule has 156 valence electrons. The molecule has 0 unspecified atom stereocenters. The molecule has 0 saturated carbocycles. The summed E-state index contributed by atoms with van der Waals surface area (Å²) in [5.74, 6) is 1.26. The molecule has 1 aliphatic heterocycles. The van der Waals surface area contributed by atoms with Gasteiger partial charge in [0.25, 0.3) is 0 Å². The summed E-state index contributed by atoms with van der Waals surface area (Å²) in [5.41, 5.74) is 2.54. The lowest BCUT2D eigenvalue weighted by molar-refractivity contribution is -0.125. The van der Waals surface area contributed by atoms with E-state index in [1.807, 2.05) is 19.1 Å². The number of aromatic nitrogens is 1. The first-order valence-corrected chi connectivity index (χ1v) is 11.8. The van der Waals surface area contributed by atoms with Gasteiger partial charge in [0.05, 0.1) is 16.8 Å². The molecule has 0 atom stereocenters. The number of carbonyl (C=O) groups is 1. The van der Waals surface area contributed by atoms with Crippen molar-refractivity contribution in [1.82, 2.24) is 10.3 Å². The zero-order valence-electron chi connectivity index (χ0n) is 17.3. The highest BCUT2D eigenvalue weighted by atomic mass is 32.1. The molecule has 0 spiro atoms. The molecule has 2 aromatic rings.